The third-order valence-corrected chi connectivity index (χ3v) is 2.52. The van der Waals surface area contributed by atoms with Gasteiger partial charge in [0.25, 0.3) is 0 Å². The monoisotopic (exact) mass is 248 g/mol. The molecule has 4 nitrogen and oxygen atoms in total. The Balaban J connectivity index is 1.99. The molecule has 2 N–H and O–H groups in total. The Bertz CT molecular complexity index is 484. The predicted octanol–water partition coefficient (Wildman–Crippen LogP) is 2.78. The summed E-state index contributed by atoms with van der Waals surface area (Å²) in [5.74, 6) is 1.39. The highest BCUT2D eigenvalue weighted by molar-refractivity contribution is 6.30. The van der Waals surface area contributed by atoms with Crippen molar-refractivity contribution in [3.63, 3.8) is 0 Å². The topological polar surface area (TPSA) is 49.8 Å². The van der Waals surface area contributed by atoms with Crippen molar-refractivity contribution < 1.29 is 0 Å². The van der Waals surface area contributed by atoms with Gasteiger partial charge >= 0.3 is 0 Å². The second-order valence-electron chi connectivity index (χ2n) is 3.50. The number of hydrogen-bond acceptors (Lipinski definition) is 4. The molecule has 0 saturated heterocycles. The highest BCUT2D eigenvalue weighted by Crippen LogP contribution is 2.11. The molecule has 0 aliphatic rings. The SMILES string of the molecule is CNc1nccc(NCc2ccc(Cl)cc2)n1. The van der Waals surface area contributed by atoms with Gasteiger partial charge in [-0.2, -0.15) is 4.98 Å². The summed E-state index contributed by atoms with van der Waals surface area (Å²) in [5.41, 5.74) is 1.15. The first-order chi connectivity index (χ1) is 8.28. The Morgan fingerprint density at radius 2 is 1.94 bits per heavy atom. The zero-order valence-corrected chi connectivity index (χ0v) is 10.2. The molecule has 0 spiro atoms. The lowest BCUT2D eigenvalue weighted by Gasteiger charge is -2.06. The predicted molar refractivity (Wildman–Crippen MR) is 70.4 cm³/mol. The van der Waals surface area contributed by atoms with Crippen molar-refractivity contribution >= 4 is 23.4 Å². The average molecular weight is 249 g/mol. The third-order valence-electron chi connectivity index (χ3n) is 2.27. The van der Waals surface area contributed by atoms with E-state index in [2.05, 4.69) is 20.6 Å². The fraction of sp³-hybridized carbons (Fsp3) is 0.167. The fourth-order valence-electron chi connectivity index (χ4n) is 1.37. The van der Waals surface area contributed by atoms with Gasteiger partial charge in [0, 0.05) is 24.8 Å². The Kier molecular flexibility index (Phi) is 3.77. The molecule has 1 heterocycles. The molecule has 2 aromatic rings. The molecule has 0 unspecified atom stereocenters. The number of nitrogens with one attached hydrogen (secondary N) is 2. The van der Waals surface area contributed by atoms with E-state index >= 15 is 0 Å². The van der Waals surface area contributed by atoms with Gasteiger partial charge in [-0.3, -0.25) is 0 Å². The highest BCUT2D eigenvalue weighted by Gasteiger charge is 1.97. The first-order valence-electron chi connectivity index (χ1n) is 5.27. The Morgan fingerprint density at radius 3 is 2.65 bits per heavy atom. The molecule has 88 valence electrons. The van der Waals surface area contributed by atoms with Gasteiger partial charge in [0.05, 0.1) is 0 Å². The van der Waals surface area contributed by atoms with Crippen molar-refractivity contribution in [1.29, 1.82) is 0 Å². The molecular formula is C12H13ClN4. The Labute approximate surface area is 105 Å². The van der Waals surface area contributed by atoms with Crippen LogP contribution in [-0.2, 0) is 6.54 Å². The van der Waals surface area contributed by atoms with E-state index in [1.54, 1.807) is 13.2 Å². The molecule has 0 fully saturated rings. The highest BCUT2D eigenvalue weighted by atomic mass is 35.5. The number of aromatic nitrogens is 2. The normalized spacial score (nSPS) is 10.0. The van der Waals surface area contributed by atoms with Gasteiger partial charge in [-0.05, 0) is 23.8 Å². The van der Waals surface area contributed by atoms with Crippen molar-refractivity contribution in [3.05, 3.63) is 47.1 Å². The van der Waals surface area contributed by atoms with Crippen LogP contribution in [0.4, 0.5) is 11.8 Å². The lowest BCUT2D eigenvalue weighted by Crippen LogP contribution is -2.03. The number of hydrogen-bond donors (Lipinski definition) is 2. The van der Waals surface area contributed by atoms with E-state index in [1.807, 2.05) is 30.3 Å². The van der Waals surface area contributed by atoms with Crippen LogP contribution in [0.15, 0.2) is 36.5 Å². The molecule has 2 rings (SSSR count). The molecule has 5 heteroatoms. The molecule has 0 amide bonds. The van der Waals surface area contributed by atoms with Crippen LogP contribution in [0.2, 0.25) is 5.02 Å². The van der Waals surface area contributed by atoms with Crippen molar-refractivity contribution in [2.45, 2.75) is 6.54 Å². The molecule has 0 atom stereocenters. The zero-order chi connectivity index (χ0) is 12.1. The van der Waals surface area contributed by atoms with Crippen LogP contribution >= 0.6 is 11.6 Å². The largest absolute Gasteiger partial charge is 0.366 e. The van der Waals surface area contributed by atoms with Crippen molar-refractivity contribution in [3.8, 4) is 0 Å². The van der Waals surface area contributed by atoms with Crippen molar-refractivity contribution in [1.82, 2.24) is 9.97 Å². The summed E-state index contributed by atoms with van der Waals surface area (Å²) >= 11 is 5.82. The van der Waals surface area contributed by atoms with Crippen LogP contribution in [-0.4, -0.2) is 17.0 Å². The van der Waals surface area contributed by atoms with Crippen LogP contribution in [0.1, 0.15) is 5.56 Å². The fourth-order valence-corrected chi connectivity index (χ4v) is 1.50. The average Bonchev–Trinajstić information content (AvgIpc) is 2.38. The zero-order valence-electron chi connectivity index (χ0n) is 9.44. The van der Waals surface area contributed by atoms with Gasteiger partial charge in [-0.1, -0.05) is 23.7 Å². The molecule has 0 aliphatic heterocycles. The van der Waals surface area contributed by atoms with E-state index in [-0.39, 0.29) is 0 Å². The third kappa shape index (κ3) is 3.32. The maximum absolute atomic E-state index is 5.82. The van der Waals surface area contributed by atoms with E-state index in [1.165, 1.54) is 0 Å². The summed E-state index contributed by atoms with van der Waals surface area (Å²) in [4.78, 5) is 8.31. The molecule has 1 aromatic carbocycles. The first kappa shape index (κ1) is 11.7. The Morgan fingerprint density at radius 1 is 1.18 bits per heavy atom. The molecule has 0 aliphatic carbocycles. The van der Waals surface area contributed by atoms with Crippen molar-refractivity contribution in [2.24, 2.45) is 0 Å². The van der Waals surface area contributed by atoms with E-state index in [0.29, 0.717) is 12.5 Å². The minimum Gasteiger partial charge on any atom is -0.366 e. The number of halogens is 1. The summed E-state index contributed by atoms with van der Waals surface area (Å²) in [5, 5.41) is 6.86. The summed E-state index contributed by atoms with van der Waals surface area (Å²) in [6, 6.07) is 9.54. The summed E-state index contributed by atoms with van der Waals surface area (Å²) in [7, 11) is 1.79. The summed E-state index contributed by atoms with van der Waals surface area (Å²) in [6.45, 7) is 0.706. The Hall–Kier alpha value is -1.81. The van der Waals surface area contributed by atoms with Gasteiger partial charge in [-0.25, -0.2) is 4.98 Å². The minimum absolute atomic E-state index is 0.603. The minimum atomic E-state index is 0.603. The molecule has 0 saturated carbocycles. The number of benzene rings is 1. The molecule has 0 radical (unpaired) electrons. The number of rotatable bonds is 4. The van der Waals surface area contributed by atoms with Crippen LogP contribution in [0.25, 0.3) is 0 Å². The lowest BCUT2D eigenvalue weighted by atomic mass is 10.2. The quantitative estimate of drug-likeness (QED) is 0.874. The molecular weight excluding hydrogens is 236 g/mol. The van der Waals surface area contributed by atoms with Crippen LogP contribution < -0.4 is 10.6 Å². The maximum Gasteiger partial charge on any atom is 0.224 e. The van der Waals surface area contributed by atoms with E-state index in [9.17, 15) is 0 Å². The smallest absolute Gasteiger partial charge is 0.224 e. The van der Waals surface area contributed by atoms with Gasteiger partial charge in [0.2, 0.25) is 5.95 Å². The van der Waals surface area contributed by atoms with Gasteiger partial charge in [0.15, 0.2) is 0 Å². The lowest BCUT2D eigenvalue weighted by molar-refractivity contribution is 1.08. The molecule has 1 aromatic heterocycles. The summed E-state index contributed by atoms with van der Waals surface area (Å²) < 4.78 is 0. The maximum atomic E-state index is 5.82. The van der Waals surface area contributed by atoms with Crippen molar-refractivity contribution in [2.75, 3.05) is 17.7 Å². The van der Waals surface area contributed by atoms with Crippen LogP contribution in [0.5, 0.6) is 0 Å². The van der Waals surface area contributed by atoms with E-state index in [4.69, 9.17) is 11.6 Å². The van der Waals surface area contributed by atoms with E-state index in [0.717, 1.165) is 16.4 Å². The van der Waals surface area contributed by atoms with Gasteiger partial charge in [0.1, 0.15) is 5.82 Å². The van der Waals surface area contributed by atoms with Gasteiger partial charge in [-0.15, -0.1) is 0 Å². The first-order valence-corrected chi connectivity index (χ1v) is 5.65. The van der Waals surface area contributed by atoms with Crippen LogP contribution in [0, 0.1) is 0 Å². The number of anilines is 2. The van der Waals surface area contributed by atoms with Gasteiger partial charge < -0.3 is 10.6 Å². The summed E-state index contributed by atoms with van der Waals surface area (Å²) in [6.07, 6.45) is 1.71. The van der Waals surface area contributed by atoms with Crippen LogP contribution in [0.3, 0.4) is 0 Å². The standard InChI is InChI=1S/C12H13ClN4/c1-14-12-15-7-6-11(17-12)16-8-9-2-4-10(13)5-3-9/h2-7H,8H2,1H3,(H2,14,15,16,17). The molecule has 17 heavy (non-hydrogen) atoms. The number of nitrogens with zero attached hydrogens (tertiary/aromatic N) is 2. The molecule has 0 bridgehead atoms. The van der Waals surface area contributed by atoms with E-state index < -0.39 is 0 Å². The second kappa shape index (κ2) is 5.50. The second-order valence-corrected chi connectivity index (χ2v) is 3.93.